The summed E-state index contributed by atoms with van der Waals surface area (Å²) in [5.74, 6) is -0.174. The molecule has 0 N–H and O–H groups in total. The Bertz CT molecular complexity index is 1470. The molecule has 0 saturated carbocycles. The summed E-state index contributed by atoms with van der Waals surface area (Å²) in [6, 6.07) is 18.4. The average Bonchev–Trinajstić information content (AvgIpc) is 3.07. The van der Waals surface area contributed by atoms with Crippen molar-refractivity contribution in [1.29, 1.82) is 0 Å². The maximum atomic E-state index is 13.4. The van der Waals surface area contributed by atoms with Gasteiger partial charge < -0.3 is 0 Å². The lowest BCUT2D eigenvalue weighted by molar-refractivity contribution is 0.0986. The Morgan fingerprint density at radius 3 is 2.52 bits per heavy atom. The highest BCUT2D eigenvalue weighted by atomic mass is 79.9. The number of carbonyl (C=O) groups is 1. The van der Waals surface area contributed by atoms with E-state index in [1.54, 1.807) is 15.6 Å². The molecule has 6 nitrogen and oxygen atoms in total. The lowest BCUT2D eigenvalue weighted by Crippen LogP contribution is -2.39. The van der Waals surface area contributed by atoms with Gasteiger partial charge in [0, 0.05) is 26.7 Å². The van der Waals surface area contributed by atoms with Crippen molar-refractivity contribution in [1.82, 2.24) is 14.8 Å². The largest absolute Gasteiger partial charge is 0.300 e. The summed E-state index contributed by atoms with van der Waals surface area (Å²) in [6.45, 7) is 0. The second-order valence-electron chi connectivity index (χ2n) is 7.34. The topological polar surface area (TPSA) is 68.1 Å². The molecule has 3 heterocycles. The number of anilines is 1. The molecule has 2 aliphatic rings. The quantitative estimate of drug-likeness (QED) is 0.410. The van der Waals surface area contributed by atoms with Crippen LogP contribution in [-0.4, -0.2) is 20.7 Å². The maximum absolute atomic E-state index is 13.4. The number of benzene rings is 3. The van der Waals surface area contributed by atoms with E-state index in [1.165, 1.54) is 24.3 Å². The molecule has 6 rings (SSSR count). The first-order valence-corrected chi connectivity index (χ1v) is 10.3. The Morgan fingerprint density at radius 2 is 1.71 bits per heavy atom. The van der Waals surface area contributed by atoms with E-state index in [0.717, 1.165) is 10.0 Å². The molecule has 0 saturated heterocycles. The minimum absolute atomic E-state index is 0.0963. The Labute approximate surface area is 183 Å². The molecule has 0 fully saturated rings. The van der Waals surface area contributed by atoms with Crippen molar-refractivity contribution >= 4 is 27.5 Å². The Kier molecular flexibility index (Phi) is 3.76. The monoisotopic (exact) mass is 474 g/mol. The van der Waals surface area contributed by atoms with Crippen molar-refractivity contribution in [2.45, 2.75) is 6.17 Å². The normalized spacial score (nSPS) is 15.9. The number of halogens is 2. The average molecular weight is 475 g/mol. The van der Waals surface area contributed by atoms with Crippen LogP contribution in [0.2, 0.25) is 0 Å². The van der Waals surface area contributed by atoms with Crippen molar-refractivity contribution in [2.24, 2.45) is 0 Å². The number of nitrogens with zero attached hydrogens (tertiary/aromatic N) is 4. The molecule has 8 heteroatoms. The number of fused-ring (bicyclic) bond motifs is 8. The molecule has 0 spiro atoms. The van der Waals surface area contributed by atoms with Gasteiger partial charge >= 0.3 is 0 Å². The van der Waals surface area contributed by atoms with Gasteiger partial charge in [0.15, 0.2) is 17.7 Å². The van der Waals surface area contributed by atoms with E-state index in [2.05, 4.69) is 26.0 Å². The molecule has 1 atom stereocenters. The van der Waals surface area contributed by atoms with E-state index < -0.39 is 17.5 Å². The molecule has 1 unspecified atom stereocenters. The molecule has 0 bridgehead atoms. The fourth-order valence-electron chi connectivity index (χ4n) is 4.22. The summed E-state index contributed by atoms with van der Waals surface area (Å²) >= 11 is 3.46. The zero-order valence-electron chi connectivity index (χ0n) is 15.8. The van der Waals surface area contributed by atoms with Crippen LogP contribution < -0.4 is 10.5 Å². The third-order valence-corrected chi connectivity index (χ3v) is 6.07. The summed E-state index contributed by atoms with van der Waals surface area (Å²) in [4.78, 5) is 32.2. The van der Waals surface area contributed by atoms with E-state index in [9.17, 15) is 14.0 Å². The van der Waals surface area contributed by atoms with Gasteiger partial charge in [0.25, 0.3) is 11.5 Å². The van der Waals surface area contributed by atoms with Gasteiger partial charge in [0.05, 0.1) is 5.69 Å². The molecular weight excluding hydrogens is 463 g/mol. The molecule has 31 heavy (non-hydrogen) atoms. The Balaban J connectivity index is 1.68. The molecule has 2 aliphatic heterocycles. The molecule has 150 valence electrons. The number of amides is 1. The first kappa shape index (κ1) is 18.1. The second kappa shape index (κ2) is 6.42. The van der Waals surface area contributed by atoms with Crippen LogP contribution in [0.3, 0.4) is 0 Å². The summed E-state index contributed by atoms with van der Waals surface area (Å²) in [7, 11) is 0. The molecule has 0 radical (unpaired) electrons. The van der Waals surface area contributed by atoms with Crippen LogP contribution in [0, 0.1) is 5.82 Å². The summed E-state index contributed by atoms with van der Waals surface area (Å²) < 4.78 is 15.8. The summed E-state index contributed by atoms with van der Waals surface area (Å²) in [6.07, 6.45) is -0.570. The van der Waals surface area contributed by atoms with Crippen LogP contribution in [0.25, 0.3) is 22.6 Å². The first-order chi connectivity index (χ1) is 15.0. The first-order valence-electron chi connectivity index (χ1n) is 9.52. The van der Waals surface area contributed by atoms with Crippen molar-refractivity contribution in [3.63, 3.8) is 0 Å². The number of aromatic nitrogens is 3. The van der Waals surface area contributed by atoms with Crippen molar-refractivity contribution in [2.75, 3.05) is 4.90 Å². The smallest absolute Gasteiger partial charge is 0.280 e. The standard InChI is InChI=1S/C23H12BrFN4O2/c24-13-7-10-18-17(11-13)20-26-21(30)19(12-5-8-14(25)9-6-12)27-29(20)22-15-3-1-2-4-16(15)23(31)28(18)22/h1-11,22H. The minimum atomic E-state index is -0.570. The van der Waals surface area contributed by atoms with Crippen molar-refractivity contribution in [3.8, 4) is 22.6 Å². The molecule has 1 aromatic heterocycles. The van der Waals surface area contributed by atoms with E-state index in [0.29, 0.717) is 28.2 Å². The maximum Gasteiger partial charge on any atom is 0.300 e. The van der Waals surface area contributed by atoms with Crippen LogP contribution in [0.1, 0.15) is 22.1 Å². The lowest BCUT2D eigenvalue weighted by atomic mass is 10.1. The van der Waals surface area contributed by atoms with Gasteiger partial charge in [-0.25, -0.2) is 9.07 Å². The van der Waals surface area contributed by atoms with Crippen LogP contribution in [0.15, 0.2) is 76.0 Å². The fourth-order valence-corrected chi connectivity index (χ4v) is 4.58. The van der Waals surface area contributed by atoms with E-state index in [4.69, 9.17) is 0 Å². The van der Waals surface area contributed by atoms with Crippen molar-refractivity contribution in [3.05, 3.63) is 98.5 Å². The third-order valence-electron chi connectivity index (χ3n) is 5.58. The van der Waals surface area contributed by atoms with E-state index in [-0.39, 0.29) is 11.6 Å². The SMILES string of the molecule is O=C1c2ccccc2C2N1c1ccc(Br)cc1-c1nc(=O)c(-c3ccc(F)cc3)nn12. The predicted molar refractivity (Wildman–Crippen MR) is 116 cm³/mol. The number of hydrogen-bond acceptors (Lipinski definition) is 4. The number of hydrogen-bond donors (Lipinski definition) is 0. The van der Waals surface area contributed by atoms with Gasteiger partial charge in [-0.1, -0.05) is 34.1 Å². The van der Waals surface area contributed by atoms with Gasteiger partial charge in [0.1, 0.15) is 5.82 Å². The zero-order chi connectivity index (χ0) is 21.3. The van der Waals surface area contributed by atoms with Crippen LogP contribution in [0.4, 0.5) is 10.1 Å². The second-order valence-corrected chi connectivity index (χ2v) is 8.25. The fraction of sp³-hybridized carbons (Fsp3) is 0.0435. The van der Waals surface area contributed by atoms with Crippen LogP contribution in [0.5, 0.6) is 0 Å². The van der Waals surface area contributed by atoms with Crippen LogP contribution in [-0.2, 0) is 0 Å². The zero-order valence-corrected chi connectivity index (χ0v) is 17.4. The van der Waals surface area contributed by atoms with Gasteiger partial charge in [-0.3, -0.25) is 14.5 Å². The van der Waals surface area contributed by atoms with Gasteiger partial charge in [-0.15, -0.1) is 0 Å². The molecular formula is C23H12BrFN4O2. The van der Waals surface area contributed by atoms with Gasteiger partial charge in [-0.2, -0.15) is 10.1 Å². The predicted octanol–water partition coefficient (Wildman–Crippen LogP) is 4.39. The van der Waals surface area contributed by atoms with Gasteiger partial charge in [-0.05, 0) is 48.5 Å². The summed E-state index contributed by atoms with van der Waals surface area (Å²) in [5, 5.41) is 4.63. The highest BCUT2D eigenvalue weighted by Crippen LogP contribution is 2.47. The third kappa shape index (κ3) is 2.55. The van der Waals surface area contributed by atoms with Crippen molar-refractivity contribution < 1.29 is 9.18 Å². The van der Waals surface area contributed by atoms with Crippen LogP contribution >= 0.6 is 15.9 Å². The highest BCUT2D eigenvalue weighted by Gasteiger charge is 2.44. The summed E-state index contributed by atoms with van der Waals surface area (Å²) in [5.41, 5.74) is 2.69. The number of rotatable bonds is 1. The molecule has 4 aromatic rings. The molecule has 3 aromatic carbocycles. The molecule has 0 aliphatic carbocycles. The minimum Gasteiger partial charge on any atom is -0.280 e. The van der Waals surface area contributed by atoms with E-state index in [1.807, 2.05) is 36.4 Å². The molecule has 1 amide bonds. The Hall–Kier alpha value is -3.65. The lowest BCUT2D eigenvalue weighted by Gasteiger charge is -2.34. The van der Waals surface area contributed by atoms with Gasteiger partial charge in [0.2, 0.25) is 0 Å². The van der Waals surface area contributed by atoms with E-state index >= 15 is 0 Å². The highest BCUT2D eigenvalue weighted by molar-refractivity contribution is 9.10. The Morgan fingerprint density at radius 1 is 0.935 bits per heavy atom. The number of carbonyl (C=O) groups excluding carboxylic acids is 1.